The van der Waals surface area contributed by atoms with E-state index in [2.05, 4.69) is 56.2 Å². The number of unbranched alkanes of at least 4 members (excludes halogenated alkanes) is 15. The van der Waals surface area contributed by atoms with Gasteiger partial charge in [-0.05, 0) is 0 Å². The zero-order chi connectivity index (χ0) is 23.9. The molecule has 0 aliphatic heterocycles. The van der Waals surface area contributed by atoms with Crippen molar-refractivity contribution in [1.29, 1.82) is 0 Å². The van der Waals surface area contributed by atoms with Gasteiger partial charge in [-0.3, -0.25) is 0 Å². The maximum absolute atomic E-state index is 4.29. The molecule has 0 saturated heterocycles. The Hall–Kier alpha value is -0.100. The van der Waals surface area contributed by atoms with Crippen LogP contribution in [0.15, 0.2) is 30.3 Å². The van der Waals surface area contributed by atoms with Crippen LogP contribution < -0.4 is 5.09 Å². The van der Waals surface area contributed by atoms with Gasteiger partial charge < -0.3 is 0 Å². The van der Waals surface area contributed by atoms with Crippen LogP contribution in [-0.4, -0.2) is 18.5 Å². The average Bonchev–Trinajstić information content (AvgIpc) is 2.85. The largest absolute Gasteiger partial charge is 0.147 e. The Morgan fingerprint density at radius 3 is 1.24 bits per heavy atom. The first-order valence-electron chi connectivity index (χ1n) is 15.0. The van der Waals surface area contributed by atoms with Crippen molar-refractivity contribution in [2.45, 2.75) is 143 Å². The molecule has 0 aromatic heterocycles. The molecular formula is C31H61ClNP. The fraction of sp³-hybridized carbons (Fsp3) is 0.806. The van der Waals surface area contributed by atoms with E-state index in [0.29, 0.717) is 0 Å². The van der Waals surface area contributed by atoms with Crippen molar-refractivity contribution in [3.05, 3.63) is 35.9 Å². The van der Waals surface area contributed by atoms with Crippen molar-refractivity contribution >= 4 is 19.8 Å². The van der Waals surface area contributed by atoms with E-state index < -0.39 is 7.41 Å². The van der Waals surface area contributed by atoms with Crippen molar-refractivity contribution < 1.29 is 0 Å². The molecule has 1 rings (SSSR count). The van der Waals surface area contributed by atoms with E-state index in [1.807, 2.05) is 0 Å². The van der Waals surface area contributed by atoms with E-state index in [0.717, 1.165) is 6.54 Å². The summed E-state index contributed by atoms with van der Waals surface area (Å²) in [6, 6.07) is 11.2. The number of benzene rings is 1. The first-order valence-corrected chi connectivity index (χ1v) is 17.7. The Morgan fingerprint density at radius 1 is 0.500 bits per heavy atom. The summed E-state index contributed by atoms with van der Waals surface area (Å²) in [5.41, 5.74) is 1.48. The van der Waals surface area contributed by atoms with Crippen molar-refractivity contribution in [2.75, 3.05) is 18.5 Å². The number of nitrogens with one attached hydrogen (secondary N) is 1. The minimum Gasteiger partial charge on any atom is -0.147 e. The standard InChI is InChI=1S/C31H60NP.ClH/c1-4-7-10-13-16-22-27-33(28-23-17-14-11-8-5-2,29-24-18-15-12-9-6-3)32-30-31-25-20-19-21-26-31;/h19-21,25-26,32-33H,4-18,22-24,27-30H2,1-3H3;1H. The molecule has 0 atom stereocenters. The summed E-state index contributed by atoms with van der Waals surface area (Å²) in [6.45, 7) is 8.07. The summed E-state index contributed by atoms with van der Waals surface area (Å²) in [7, 11) is -1.43. The Kier molecular flexibility index (Phi) is 24.5. The van der Waals surface area contributed by atoms with Crippen LogP contribution in [0.3, 0.4) is 0 Å². The Balaban J connectivity index is 0.0000109. The van der Waals surface area contributed by atoms with Gasteiger partial charge in [-0.1, -0.05) is 0 Å². The van der Waals surface area contributed by atoms with Crippen LogP contribution in [-0.2, 0) is 6.54 Å². The van der Waals surface area contributed by atoms with Crippen molar-refractivity contribution in [3.8, 4) is 0 Å². The van der Waals surface area contributed by atoms with Crippen molar-refractivity contribution in [1.82, 2.24) is 5.09 Å². The quantitative estimate of drug-likeness (QED) is 0.107. The van der Waals surface area contributed by atoms with Gasteiger partial charge in [0.1, 0.15) is 0 Å². The van der Waals surface area contributed by atoms with Gasteiger partial charge in [-0.2, -0.15) is 0 Å². The summed E-state index contributed by atoms with van der Waals surface area (Å²) in [5.74, 6) is 0. The summed E-state index contributed by atoms with van der Waals surface area (Å²) >= 11 is 0. The SMILES string of the molecule is CCCCCCCC[PH](CCCCCCCC)(CCCCCCCC)NCc1ccccc1.Cl. The second kappa shape index (κ2) is 24.6. The third-order valence-electron chi connectivity index (χ3n) is 7.54. The maximum Gasteiger partial charge on any atom is -0.147 e. The van der Waals surface area contributed by atoms with E-state index in [-0.39, 0.29) is 12.4 Å². The van der Waals surface area contributed by atoms with Gasteiger partial charge in [-0.15, -0.1) is 12.4 Å². The van der Waals surface area contributed by atoms with E-state index >= 15 is 0 Å². The maximum atomic E-state index is 4.29. The molecule has 0 aliphatic rings. The third kappa shape index (κ3) is 18.2. The molecule has 0 aliphatic carbocycles. The van der Waals surface area contributed by atoms with E-state index in [9.17, 15) is 0 Å². The van der Waals surface area contributed by atoms with E-state index in [1.54, 1.807) is 0 Å². The van der Waals surface area contributed by atoms with E-state index in [4.69, 9.17) is 0 Å². The van der Waals surface area contributed by atoms with Gasteiger partial charge >= 0.3 is 210 Å². The predicted molar refractivity (Wildman–Crippen MR) is 164 cm³/mol. The normalized spacial score (nSPS) is 12.0. The third-order valence-corrected chi connectivity index (χ3v) is 12.4. The molecule has 1 aromatic rings. The van der Waals surface area contributed by atoms with Crippen molar-refractivity contribution in [2.24, 2.45) is 0 Å². The van der Waals surface area contributed by atoms with Crippen LogP contribution in [0.25, 0.3) is 0 Å². The average molecular weight is 514 g/mol. The fourth-order valence-electron chi connectivity index (χ4n) is 5.26. The van der Waals surface area contributed by atoms with Crippen LogP contribution in [0.2, 0.25) is 0 Å². The molecule has 0 amide bonds. The van der Waals surface area contributed by atoms with Gasteiger partial charge in [-0.25, -0.2) is 0 Å². The number of hydrogen-bond donors (Lipinski definition) is 1. The molecule has 0 heterocycles. The minimum absolute atomic E-state index is 0. The molecule has 0 bridgehead atoms. The number of hydrogen-bond acceptors (Lipinski definition) is 1. The molecule has 0 saturated carbocycles. The van der Waals surface area contributed by atoms with Gasteiger partial charge in [0, 0.05) is 0 Å². The zero-order valence-electron chi connectivity index (χ0n) is 23.4. The topological polar surface area (TPSA) is 12.0 Å². The molecular weight excluding hydrogens is 453 g/mol. The summed E-state index contributed by atoms with van der Waals surface area (Å²) < 4.78 is 0. The molecule has 0 spiro atoms. The summed E-state index contributed by atoms with van der Waals surface area (Å²) in [4.78, 5) is 0. The Bertz CT molecular complexity index is 481. The molecule has 1 N–H and O–H groups in total. The van der Waals surface area contributed by atoms with Crippen LogP contribution in [0.4, 0.5) is 0 Å². The molecule has 1 aromatic carbocycles. The van der Waals surface area contributed by atoms with Crippen LogP contribution in [0.1, 0.15) is 142 Å². The molecule has 0 unspecified atom stereocenters. The zero-order valence-corrected chi connectivity index (χ0v) is 25.2. The predicted octanol–water partition coefficient (Wildman–Crippen LogP) is 10.9. The van der Waals surface area contributed by atoms with Gasteiger partial charge in [0.05, 0.1) is 0 Å². The van der Waals surface area contributed by atoms with Crippen LogP contribution in [0, 0.1) is 0 Å². The Morgan fingerprint density at radius 2 is 0.853 bits per heavy atom. The second-order valence-corrected chi connectivity index (χ2v) is 15.1. The fourth-order valence-corrected chi connectivity index (χ4v) is 9.90. The summed E-state index contributed by atoms with van der Waals surface area (Å²) in [5, 5.41) is 4.29. The smallest absolute Gasteiger partial charge is 0.147 e. The number of rotatable bonds is 24. The first kappa shape index (κ1) is 33.9. The summed E-state index contributed by atoms with van der Waals surface area (Å²) in [6.07, 6.45) is 30.3. The van der Waals surface area contributed by atoms with Crippen molar-refractivity contribution in [3.63, 3.8) is 0 Å². The monoisotopic (exact) mass is 513 g/mol. The van der Waals surface area contributed by atoms with Gasteiger partial charge in [0.15, 0.2) is 0 Å². The molecule has 3 heteroatoms. The molecule has 34 heavy (non-hydrogen) atoms. The van der Waals surface area contributed by atoms with Gasteiger partial charge in [0.25, 0.3) is 0 Å². The van der Waals surface area contributed by atoms with Crippen LogP contribution in [0.5, 0.6) is 0 Å². The van der Waals surface area contributed by atoms with Crippen LogP contribution >= 0.6 is 19.8 Å². The Labute approximate surface area is 221 Å². The molecule has 1 nitrogen and oxygen atoms in total. The molecule has 0 radical (unpaired) electrons. The molecule has 0 fully saturated rings. The minimum atomic E-state index is -1.43. The first-order chi connectivity index (χ1) is 16.3. The van der Waals surface area contributed by atoms with Gasteiger partial charge in [0.2, 0.25) is 0 Å². The van der Waals surface area contributed by atoms with E-state index in [1.165, 1.54) is 140 Å². The second-order valence-electron chi connectivity index (χ2n) is 10.7. The number of halogens is 1. The molecule has 202 valence electrons.